The molecule has 0 heterocycles. The lowest BCUT2D eigenvalue weighted by atomic mass is 10.3. The normalized spacial score (nSPS) is 12.5. The van der Waals surface area contributed by atoms with Gasteiger partial charge in [0.2, 0.25) is 0 Å². The van der Waals surface area contributed by atoms with Gasteiger partial charge >= 0.3 is 0 Å². The summed E-state index contributed by atoms with van der Waals surface area (Å²) in [7, 11) is 1.55. The van der Waals surface area contributed by atoms with Crippen LogP contribution in [0.3, 0.4) is 0 Å². The monoisotopic (exact) mass is 245 g/mol. The summed E-state index contributed by atoms with van der Waals surface area (Å²) in [5, 5.41) is 3.09. The molecular weight excluding hydrogens is 228 g/mol. The van der Waals surface area contributed by atoms with Gasteiger partial charge in [-0.15, -0.1) is 0 Å². The highest BCUT2D eigenvalue weighted by atomic mass is 19.1. The molecule has 0 radical (unpaired) electrons. The summed E-state index contributed by atoms with van der Waals surface area (Å²) < 4.78 is 36.3. The van der Waals surface area contributed by atoms with Gasteiger partial charge in [-0.25, -0.2) is 8.78 Å². The second-order valence-corrected chi connectivity index (χ2v) is 3.61. The highest BCUT2D eigenvalue weighted by Gasteiger charge is 2.11. The van der Waals surface area contributed by atoms with Gasteiger partial charge in [0.25, 0.3) is 0 Å². The Kier molecular flexibility index (Phi) is 5.86. The maximum absolute atomic E-state index is 12.9. The minimum Gasteiger partial charge on any atom is -0.486 e. The first-order valence-corrected chi connectivity index (χ1v) is 5.48. The minimum atomic E-state index is -0.653. The van der Waals surface area contributed by atoms with Crippen molar-refractivity contribution in [3.8, 4) is 5.75 Å². The summed E-state index contributed by atoms with van der Waals surface area (Å²) >= 11 is 0. The van der Waals surface area contributed by atoms with Crippen LogP contribution in [0.2, 0.25) is 0 Å². The lowest BCUT2D eigenvalue weighted by molar-refractivity contribution is 0.0805. The summed E-state index contributed by atoms with van der Waals surface area (Å²) in [6.45, 7) is 3.67. The van der Waals surface area contributed by atoms with E-state index in [1.165, 1.54) is 0 Å². The number of hydrogen-bond donors (Lipinski definition) is 1. The van der Waals surface area contributed by atoms with E-state index in [1.54, 1.807) is 7.11 Å². The molecule has 0 amide bonds. The van der Waals surface area contributed by atoms with Crippen LogP contribution in [0.1, 0.15) is 6.92 Å². The molecule has 96 valence electrons. The molecule has 1 aromatic rings. The fraction of sp³-hybridized carbons (Fsp3) is 0.500. The van der Waals surface area contributed by atoms with Crippen LogP contribution in [0.4, 0.5) is 8.78 Å². The first-order valence-electron chi connectivity index (χ1n) is 5.48. The molecule has 3 nitrogen and oxygen atoms in total. The number of ether oxygens (including phenoxy) is 2. The van der Waals surface area contributed by atoms with Crippen LogP contribution in [0.25, 0.3) is 0 Å². The van der Waals surface area contributed by atoms with Crippen LogP contribution in [-0.4, -0.2) is 32.9 Å². The standard InChI is InChI=1S/C12H17F2NO2/c1-3-15-7-12(8-16-2)17-11-5-9(13)4-10(14)6-11/h4-6,12,15H,3,7-8H2,1-2H3. The number of benzene rings is 1. The molecule has 1 atom stereocenters. The number of likely N-dealkylation sites (N-methyl/N-ethyl adjacent to an activating group) is 1. The Morgan fingerprint density at radius 1 is 1.24 bits per heavy atom. The van der Waals surface area contributed by atoms with Gasteiger partial charge in [-0.05, 0) is 6.54 Å². The molecular formula is C12H17F2NO2. The largest absolute Gasteiger partial charge is 0.486 e. The van der Waals surface area contributed by atoms with Crippen molar-refractivity contribution < 1.29 is 18.3 Å². The highest BCUT2D eigenvalue weighted by Crippen LogP contribution is 2.16. The molecule has 1 aromatic carbocycles. The first kappa shape index (κ1) is 13.9. The predicted octanol–water partition coefficient (Wildman–Crippen LogP) is 1.97. The van der Waals surface area contributed by atoms with Crippen molar-refractivity contribution in [3.63, 3.8) is 0 Å². The van der Waals surface area contributed by atoms with Crippen molar-refractivity contribution in [2.45, 2.75) is 13.0 Å². The van der Waals surface area contributed by atoms with Gasteiger partial charge in [0.05, 0.1) is 6.61 Å². The van der Waals surface area contributed by atoms with Gasteiger partial charge < -0.3 is 14.8 Å². The van der Waals surface area contributed by atoms with E-state index in [0.717, 1.165) is 24.7 Å². The second-order valence-electron chi connectivity index (χ2n) is 3.61. The summed E-state index contributed by atoms with van der Waals surface area (Å²) in [5.41, 5.74) is 0. The van der Waals surface area contributed by atoms with Crippen molar-refractivity contribution >= 4 is 0 Å². The Balaban J connectivity index is 2.63. The number of halogens is 2. The van der Waals surface area contributed by atoms with E-state index >= 15 is 0 Å². The van der Waals surface area contributed by atoms with Gasteiger partial charge in [-0.1, -0.05) is 6.92 Å². The van der Waals surface area contributed by atoms with Gasteiger partial charge in [-0.2, -0.15) is 0 Å². The fourth-order valence-electron chi connectivity index (χ4n) is 1.41. The Bertz CT molecular complexity index is 327. The first-order chi connectivity index (χ1) is 8.15. The third-order valence-corrected chi connectivity index (χ3v) is 2.11. The van der Waals surface area contributed by atoms with Gasteiger partial charge in [0, 0.05) is 31.9 Å². The Morgan fingerprint density at radius 3 is 2.41 bits per heavy atom. The molecule has 0 saturated heterocycles. The van der Waals surface area contributed by atoms with Gasteiger partial charge in [-0.3, -0.25) is 0 Å². The van der Waals surface area contributed by atoms with Gasteiger partial charge in [0.15, 0.2) is 0 Å². The quantitative estimate of drug-likeness (QED) is 0.796. The van der Waals surface area contributed by atoms with E-state index in [1.807, 2.05) is 6.92 Å². The number of methoxy groups -OCH3 is 1. The van der Waals surface area contributed by atoms with Crippen LogP contribution >= 0.6 is 0 Å². The van der Waals surface area contributed by atoms with Crippen molar-refractivity contribution in [1.82, 2.24) is 5.32 Å². The van der Waals surface area contributed by atoms with Crippen molar-refractivity contribution in [2.75, 3.05) is 26.8 Å². The van der Waals surface area contributed by atoms with Crippen molar-refractivity contribution in [1.29, 1.82) is 0 Å². The molecule has 1 unspecified atom stereocenters. The molecule has 1 rings (SSSR count). The lowest BCUT2D eigenvalue weighted by Gasteiger charge is -2.18. The maximum Gasteiger partial charge on any atom is 0.134 e. The number of nitrogens with one attached hydrogen (secondary N) is 1. The summed E-state index contributed by atoms with van der Waals surface area (Å²) in [4.78, 5) is 0. The smallest absolute Gasteiger partial charge is 0.134 e. The average Bonchev–Trinajstić information content (AvgIpc) is 2.24. The summed E-state index contributed by atoms with van der Waals surface area (Å²) in [6.07, 6.45) is -0.277. The van der Waals surface area contributed by atoms with Crippen molar-refractivity contribution in [2.24, 2.45) is 0 Å². The zero-order valence-electron chi connectivity index (χ0n) is 10.0. The topological polar surface area (TPSA) is 30.5 Å². The molecule has 0 aliphatic rings. The van der Waals surface area contributed by atoms with E-state index in [-0.39, 0.29) is 11.9 Å². The minimum absolute atomic E-state index is 0.169. The zero-order valence-corrected chi connectivity index (χ0v) is 10.0. The molecule has 0 aliphatic heterocycles. The summed E-state index contributed by atoms with van der Waals surface area (Å²) in [6, 6.07) is 3.11. The predicted molar refractivity (Wildman–Crippen MR) is 61.2 cm³/mol. The fourth-order valence-corrected chi connectivity index (χ4v) is 1.41. The average molecular weight is 245 g/mol. The second kappa shape index (κ2) is 7.19. The van der Waals surface area contributed by atoms with E-state index in [9.17, 15) is 8.78 Å². The molecule has 0 fully saturated rings. The van der Waals surface area contributed by atoms with Crippen molar-refractivity contribution in [3.05, 3.63) is 29.8 Å². The molecule has 0 aliphatic carbocycles. The van der Waals surface area contributed by atoms with E-state index < -0.39 is 11.6 Å². The third kappa shape index (κ3) is 5.10. The zero-order chi connectivity index (χ0) is 12.7. The highest BCUT2D eigenvalue weighted by molar-refractivity contribution is 5.24. The Hall–Kier alpha value is -1.20. The van der Waals surface area contributed by atoms with E-state index in [0.29, 0.717) is 13.2 Å². The third-order valence-electron chi connectivity index (χ3n) is 2.11. The SMILES string of the molecule is CCNCC(COC)Oc1cc(F)cc(F)c1. The Morgan fingerprint density at radius 2 is 1.88 bits per heavy atom. The molecule has 0 bridgehead atoms. The van der Waals surface area contributed by atoms with Gasteiger partial charge in [0.1, 0.15) is 23.5 Å². The van der Waals surface area contributed by atoms with Crippen LogP contribution < -0.4 is 10.1 Å². The van der Waals surface area contributed by atoms with E-state index in [2.05, 4.69) is 5.32 Å². The summed E-state index contributed by atoms with van der Waals surface area (Å²) in [5.74, 6) is -1.14. The van der Waals surface area contributed by atoms with E-state index in [4.69, 9.17) is 9.47 Å². The molecule has 17 heavy (non-hydrogen) atoms. The van der Waals surface area contributed by atoms with Crippen LogP contribution in [-0.2, 0) is 4.74 Å². The maximum atomic E-state index is 12.9. The lowest BCUT2D eigenvalue weighted by Crippen LogP contribution is -2.34. The molecule has 0 spiro atoms. The Labute approximate surface area is 99.7 Å². The number of rotatable bonds is 7. The molecule has 0 aromatic heterocycles. The molecule has 5 heteroatoms. The van der Waals surface area contributed by atoms with Crippen LogP contribution in [0, 0.1) is 11.6 Å². The molecule has 1 N–H and O–H groups in total. The number of hydrogen-bond acceptors (Lipinski definition) is 3. The van der Waals surface area contributed by atoms with Crippen LogP contribution in [0.15, 0.2) is 18.2 Å². The molecule has 0 saturated carbocycles. The van der Waals surface area contributed by atoms with Crippen LogP contribution in [0.5, 0.6) is 5.75 Å².